The summed E-state index contributed by atoms with van der Waals surface area (Å²) in [5.41, 5.74) is 2.31. The van der Waals surface area contributed by atoms with Crippen molar-refractivity contribution in [2.24, 2.45) is 0 Å². The number of hydrogen-bond acceptors (Lipinski definition) is 3. The lowest BCUT2D eigenvalue weighted by molar-refractivity contribution is 0.910. The van der Waals surface area contributed by atoms with Crippen LogP contribution in [0.3, 0.4) is 0 Å². The molecule has 0 spiro atoms. The van der Waals surface area contributed by atoms with Crippen LogP contribution < -0.4 is 5.56 Å². The first-order valence-electron chi connectivity index (χ1n) is 5.66. The van der Waals surface area contributed by atoms with Gasteiger partial charge in [-0.2, -0.15) is 0 Å². The summed E-state index contributed by atoms with van der Waals surface area (Å²) in [5, 5.41) is 0. The quantitative estimate of drug-likeness (QED) is 0.647. The Labute approximate surface area is 103 Å². The minimum Gasteiger partial charge on any atom is -0.302 e. The van der Waals surface area contributed by atoms with Crippen LogP contribution in [0, 0.1) is 13.8 Å². The molecule has 0 atom stereocenters. The van der Waals surface area contributed by atoms with E-state index in [0.29, 0.717) is 11.5 Å². The lowest BCUT2D eigenvalue weighted by atomic mass is 10.4. The van der Waals surface area contributed by atoms with Gasteiger partial charge in [-0.3, -0.25) is 9.36 Å². The van der Waals surface area contributed by atoms with Gasteiger partial charge < -0.3 is 4.40 Å². The third-order valence-electron chi connectivity index (χ3n) is 2.71. The number of hydrogen-bond donors (Lipinski definition) is 0. The molecule has 0 aliphatic rings. The van der Waals surface area contributed by atoms with Gasteiger partial charge in [-0.05, 0) is 19.9 Å². The first-order valence-corrected chi connectivity index (χ1v) is 5.66. The fourth-order valence-electron chi connectivity index (χ4n) is 1.99. The zero-order valence-electron chi connectivity index (χ0n) is 10.2. The van der Waals surface area contributed by atoms with Gasteiger partial charge in [0.05, 0.1) is 11.4 Å². The maximum Gasteiger partial charge on any atom is 0.256 e. The number of pyridine rings is 1. The zero-order chi connectivity index (χ0) is 12.7. The van der Waals surface area contributed by atoms with E-state index in [1.54, 1.807) is 18.3 Å². The van der Waals surface area contributed by atoms with E-state index < -0.39 is 0 Å². The van der Waals surface area contributed by atoms with Crippen molar-refractivity contribution in [2.75, 3.05) is 0 Å². The SMILES string of the molecule is Cc1cn2cc(C)nc2c(-n2ccccc2=O)n1. The molecular weight excluding hydrogens is 228 g/mol. The predicted molar refractivity (Wildman–Crippen MR) is 68.1 cm³/mol. The first kappa shape index (κ1) is 10.7. The highest BCUT2D eigenvalue weighted by molar-refractivity contribution is 5.55. The molecule has 18 heavy (non-hydrogen) atoms. The maximum absolute atomic E-state index is 11.9. The Morgan fingerprint density at radius 2 is 1.78 bits per heavy atom. The molecule has 5 nitrogen and oxygen atoms in total. The molecule has 0 aliphatic carbocycles. The second-order valence-corrected chi connectivity index (χ2v) is 4.23. The zero-order valence-corrected chi connectivity index (χ0v) is 10.2. The Bertz CT molecular complexity index is 785. The van der Waals surface area contributed by atoms with Crippen LogP contribution in [-0.2, 0) is 0 Å². The highest BCUT2D eigenvalue weighted by atomic mass is 16.1. The molecule has 0 saturated carbocycles. The molecule has 0 aromatic carbocycles. The lowest BCUT2D eigenvalue weighted by Crippen LogP contribution is -2.18. The van der Waals surface area contributed by atoms with Gasteiger partial charge in [0.25, 0.3) is 5.56 Å². The number of imidazole rings is 1. The van der Waals surface area contributed by atoms with Crippen LogP contribution in [0.5, 0.6) is 0 Å². The second-order valence-electron chi connectivity index (χ2n) is 4.23. The molecule has 0 unspecified atom stereocenters. The summed E-state index contributed by atoms with van der Waals surface area (Å²) in [6, 6.07) is 5.02. The summed E-state index contributed by atoms with van der Waals surface area (Å²) in [6.45, 7) is 3.81. The highest BCUT2D eigenvalue weighted by Gasteiger charge is 2.10. The van der Waals surface area contributed by atoms with Crippen molar-refractivity contribution < 1.29 is 0 Å². The topological polar surface area (TPSA) is 52.2 Å². The number of nitrogens with zero attached hydrogens (tertiary/aromatic N) is 4. The van der Waals surface area contributed by atoms with E-state index in [9.17, 15) is 4.79 Å². The van der Waals surface area contributed by atoms with Crippen molar-refractivity contribution in [1.82, 2.24) is 18.9 Å². The Morgan fingerprint density at radius 1 is 1.06 bits per heavy atom. The molecular formula is C13H12N4O. The summed E-state index contributed by atoms with van der Waals surface area (Å²) >= 11 is 0. The molecule has 90 valence electrons. The molecule has 0 amide bonds. The number of aromatic nitrogens is 4. The largest absolute Gasteiger partial charge is 0.302 e. The van der Waals surface area contributed by atoms with Crippen LogP contribution in [0.1, 0.15) is 11.4 Å². The Hall–Kier alpha value is -2.43. The van der Waals surface area contributed by atoms with E-state index in [1.165, 1.54) is 10.6 Å². The summed E-state index contributed by atoms with van der Waals surface area (Å²) in [7, 11) is 0. The Kier molecular flexibility index (Phi) is 2.26. The van der Waals surface area contributed by atoms with Gasteiger partial charge in [-0.1, -0.05) is 6.07 Å². The first-order chi connectivity index (χ1) is 8.65. The van der Waals surface area contributed by atoms with E-state index in [2.05, 4.69) is 9.97 Å². The molecule has 0 saturated heterocycles. The monoisotopic (exact) mass is 240 g/mol. The fourth-order valence-corrected chi connectivity index (χ4v) is 1.99. The molecule has 5 heteroatoms. The van der Waals surface area contributed by atoms with Crippen molar-refractivity contribution in [3.05, 3.63) is 58.5 Å². The fraction of sp³-hybridized carbons (Fsp3) is 0.154. The van der Waals surface area contributed by atoms with E-state index in [1.807, 2.05) is 30.6 Å². The molecule has 0 N–H and O–H groups in total. The van der Waals surface area contributed by atoms with Gasteiger partial charge in [0.2, 0.25) is 0 Å². The van der Waals surface area contributed by atoms with Gasteiger partial charge in [0.15, 0.2) is 11.5 Å². The average Bonchev–Trinajstić information content (AvgIpc) is 2.69. The predicted octanol–water partition coefficient (Wildman–Crippen LogP) is 1.50. The summed E-state index contributed by atoms with van der Waals surface area (Å²) in [5.74, 6) is 0.564. The van der Waals surface area contributed by atoms with Crippen LogP contribution in [-0.4, -0.2) is 18.9 Å². The van der Waals surface area contributed by atoms with Gasteiger partial charge >= 0.3 is 0 Å². The molecule has 3 rings (SSSR count). The number of fused-ring (bicyclic) bond motifs is 1. The smallest absolute Gasteiger partial charge is 0.256 e. The minimum absolute atomic E-state index is 0.113. The van der Waals surface area contributed by atoms with Crippen LogP contribution in [0.2, 0.25) is 0 Å². The van der Waals surface area contributed by atoms with Crippen LogP contribution in [0.4, 0.5) is 0 Å². The van der Waals surface area contributed by atoms with Crippen molar-refractivity contribution >= 4 is 5.65 Å². The summed E-state index contributed by atoms with van der Waals surface area (Å²) in [4.78, 5) is 20.7. The third-order valence-corrected chi connectivity index (χ3v) is 2.71. The van der Waals surface area contributed by atoms with Crippen molar-refractivity contribution in [3.8, 4) is 5.82 Å². The normalized spacial score (nSPS) is 11.0. The maximum atomic E-state index is 11.9. The standard InChI is InChI=1S/C13H12N4O/c1-9-7-16-8-10(2)15-13(12(16)14-9)17-6-4-3-5-11(17)18/h3-8H,1-2H3. The summed E-state index contributed by atoms with van der Waals surface area (Å²) in [6.07, 6.45) is 5.52. The second kappa shape index (κ2) is 3.80. The van der Waals surface area contributed by atoms with Gasteiger partial charge in [0.1, 0.15) is 0 Å². The van der Waals surface area contributed by atoms with E-state index in [-0.39, 0.29) is 5.56 Å². The molecule has 3 aromatic rings. The van der Waals surface area contributed by atoms with Crippen molar-refractivity contribution in [1.29, 1.82) is 0 Å². The van der Waals surface area contributed by atoms with Crippen molar-refractivity contribution in [3.63, 3.8) is 0 Å². The van der Waals surface area contributed by atoms with Crippen LogP contribution >= 0.6 is 0 Å². The highest BCUT2D eigenvalue weighted by Crippen LogP contribution is 2.13. The molecule has 3 heterocycles. The van der Waals surface area contributed by atoms with Gasteiger partial charge in [0, 0.05) is 24.7 Å². The van der Waals surface area contributed by atoms with E-state index >= 15 is 0 Å². The lowest BCUT2D eigenvalue weighted by Gasteiger charge is -2.06. The Balaban J connectivity index is 2.42. The van der Waals surface area contributed by atoms with Crippen LogP contribution in [0.25, 0.3) is 11.5 Å². The third kappa shape index (κ3) is 1.60. The van der Waals surface area contributed by atoms with E-state index in [4.69, 9.17) is 0 Å². The van der Waals surface area contributed by atoms with Gasteiger partial charge in [-0.15, -0.1) is 0 Å². The molecule has 0 radical (unpaired) electrons. The van der Waals surface area contributed by atoms with Gasteiger partial charge in [-0.25, -0.2) is 9.97 Å². The van der Waals surface area contributed by atoms with Crippen LogP contribution in [0.15, 0.2) is 41.6 Å². The van der Waals surface area contributed by atoms with E-state index in [0.717, 1.165) is 11.4 Å². The number of aryl methyl sites for hydroxylation is 2. The Morgan fingerprint density at radius 3 is 2.50 bits per heavy atom. The number of rotatable bonds is 1. The molecule has 0 fully saturated rings. The minimum atomic E-state index is -0.113. The molecule has 0 aliphatic heterocycles. The summed E-state index contributed by atoms with van der Waals surface area (Å²) < 4.78 is 3.40. The molecule has 3 aromatic heterocycles. The van der Waals surface area contributed by atoms with Crippen molar-refractivity contribution in [2.45, 2.75) is 13.8 Å². The average molecular weight is 240 g/mol. The molecule has 0 bridgehead atoms.